The molecule has 0 bridgehead atoms. The van der Waals surface area contributed by atoms with Gasteiger partial charge >= 0.3 is 0 Å². The SMILES string of the molecule is CNC1CCCC(Sc2ncccn2)C1. The van der Waals surface area contributed by atoms with Crippen LogP contribution in [0, 0.1) is 0 Å². The highest BCUT2D eigenvalue weighted by molar-refractivity contribution is 7.99. The summed E-state index contributed by atoms with van der Waals surface area (Å²) in [4.78, 5) is 8.51. The van der Waals surface area contributed by atoms with Gasteiger partial charge in [-0.3, -0.25) is 0 Å². The molecule has 4 heteroatoms. The molecule has 2 atom stereocenters. The predicted molar refractivity (Wildman–Crippen MR) is 63.0 cm³/mol. The molecule has 0 aliphatic heterocycles. The van der Waals surface area contributed by atoms with Gasteiger partial charge in [0.2, 0.25) is 0 Å². The van der Waals surface area contributed by atoms with Gasteiger partial charge < -0.3 is 5.32 Å². The number of rotatable bonds is 3. The van der Waals surface area contributed by atoms with E-state index in [4.69, 9.17) is 0 Å². The van der Waals surface area contributed by atoms with Crippen molar-refractivity contribution in [3.63, 3.8) is 0 Å². The molecule has 1 aromatic heterocycles. The van der Waals surface area contributed by atoms with Crippen LogP contribution in [-0.4, -0.2) is 28.3 Å². The maximum absolute atomic E-state index is 4.26. The molecule has 1 aliphatic carbocycles. The first-order chi connectivity index (χ1) is 7.38. The molecule has 1 fully saturated rings. The van der Waals surface area contributed by atoms with Gasteiger partial charge in [-0.05, 0) is 32.4 Å². The van der Waals surface area contributed by atoms with Gasteiger partial charge in [0, 0.05) is 23.7 Å². The third-order valence-electron chi connectivity index (χ3n) is 2.85. The molecule has 15 heavy (non-hydrogen) atoms. The Labute approximate surface area is 95.1 Å². The topological polar surface area (TPSA) is 37.8 Å². The number of aromatic nitrogens is 2. The van der Waals surface area contributed by atoms with Gasteiger partial charge in [0.05, 0.1) is 0 Å². The Morgan fingerprint density at radius 1 is 1.33 bits per heavy atom. The predicted octanol–water partition coefficient (Wildman–Crippen LogP) is 2.10. The van der Waals surface area contributed by atoms with Crippen LogP contribution in [0.3, 0.4) is 0 Å². The lowest BCUT2D eigenvalue weighted by Gasteiger charge is -2.27. The van der Waals surface area contributed by atoms with Crippen LogP contribution in [0.4, 0.5) is 0 Å². The summed E-state index contributed by atoms with van der Waals surface area (Å²) in [5, 5.41) is 4.96. The average Bonchev–Trinajstić information content (AvgIpc) is 2.31. The summed E-state index contributed by atoms with van der Waals surface area (Å²) < 4.78 is 0. The lowest BCUT2D eigenvalue weighted by Crippen LogP contribution is -2.32. The zero-order valence-electron chi connectivity index (χ0n) is 9.02. The van der Waals surface area contributed by atoms with E-state index in [0.29, 0.717) is 11.3 Å². The highest BCUT2D eigenvalue weighted by Gasteiger charge is 2.22. The molecule has 3 nitrogen and oxygen atoms in total. The fraction of sp³-hybridized carbons (Fsp3) is 0.636. The van der Waals surface area contributed by atoms with Crippen LogP contribution in [0.2, 0.25) is 0 Å². The highest BCUT2D eigenvalue weighted by Crippen LogP contribution is 2.31. The van der Waals surface area contributed by atoms with Crippen LogP contribution in [0.15, 0.2) is 23.6 Å². The van der Waals surface area contributed by atoms with Crippen LogP contribution >= 0.6 is 11.8 Å². The van der Waals surface area contributed by atoms with E-state index >= 15 is 0 Å². The standard InChI is InChI=1S/C11H17N3S/c1-12-9-4-2-5-10(8-9)15-11-13-6-3-7-14-11/h3,6-7,9-10,12H,2,4-5,8H2,1H3. The van der Waals surface area contributed by atoms with Gasteiger partial charge in [0.15, 0.2) is 5.16 Å². The molecule has 1 saturated carbocycles. The minimum atomic E-state index is 0.679. The summed E-state index contributed by atoms with van der Waals surface area (Å²) in [6.07, 6.45) is 8.78. The van der Waals surface area contributed by atoms with Gasteiger partial charge in [0.25, 0.3) is 0 Å². The molecule has 2 unspecified atom stereocenters. The Bertz CT molecular complexity index is 291. The highest BCUT2D eigenvalue weighted by atomic mass is 32.2. The van der Waals surface area contributed by atoms with Crippen LogP contribution < -0.4 is 5.32 Å². The van der Waals surface area contributed by atoms with Crippen molar-refractivity contribution in [3.8, 4) is 0 Å². The summed E-state index contributed by atoms with van der Waals surface area (Å²) in [5.74, 6) is 0. The number of nitrogens with zero attached hydrogens (tertiary/aromatic N) is 2. The summed E-state index contributed by atoms with van der Waals surface area (Å²) in [7, 11) is 2.05. The van der Waals surface area contributed by atoms with Crippen LogP contribution in [0.5, 0.6) is 0 Å². The monoisotopic (exact) mass is 223 g/mol. The summed E-state index contributed by atoms with van der Waals surface area (Å²) >= 11 is 1.82. The van der Waals surface area contributed by atoms with Crippen LogP contribution in [-0.2, 0) is 0 Å². The van der Waals surface area contributed by atoms with E-state index in [2.05, 4.69) is 22.3 Å². The normalized spacial score (nSPS) is 26.5. The van der Waals surface area contributed by atoms with Crippen LogP contribution in [0.25, 0.3) is 0 Å². The Kier molecular flexibility index (Phi) is 3.97. The van der Waals surface area contributed by atoms with Crippen molar-refractivity contribution in [1.82, 2.24) is 15.3 Å². The second-order valence-electron chi connectivity index (χ2n) is 3.92. The first-order valence-electron chi connectivity index (χ1n) is 5.49. The second kappa shape index (κ2) is 5.47. The molecule has 1 aromatic rings. The summed E-state index contributed by atoms with van der Waals surface area (Å²) in [6, 6.07) is 2.54. The van der Waals surface area contributed by atoms with E-state index in [1.165, 1.54) is 25.7 Å². The third-order valence-corrected chi connectivity index (χ3v) is 4.03. The van der Waals surface area contributed by atoms with Crippen molar-refractivity contribution in [3.05, 3.63) is 18.5 Å². The maximum Gasteiger partial charge on any atom is 0.187 e. The Balaban J connectivity index is 1.89. The Morgan fingerprint density at radius 2 is 2.13 bits per heavy atom. The lowest BCUT2D eigenvalue weighted by atomic mass is 9.95. The molecular formula is C11H17N3S. The summed E-state index contributed by atoms with van der Waals surface area (Å²) in [5.41, 5.74) is 0. The zero-order chi connectivity index (χ0) is 10.5. The smallest absolute Gasteiger partial charge is 0.187 e. The van der Waals surface area contributed by atoms with E-state index in [0.717, 1.165) is 5.16 Å². The van der Waals surface area contributed by atoms with E-state index < -0.39 is 0 Å². The maximum atomic E-state index is 4.26. The lowest BCUT2D eigenvalue weighted by molar-refractivity contribution is 0.402. The van der Waals surface area contributed by atoms with Crippen LogP contribution in [0.1, 0.15) is 25.7 Å². The summed E-state index contributed by atoms with van der Waals surface area (Å²) in [6.45, 7) is 0. The van der Waals surface area contributed by atoms with Crippen molar-refractivity contribution in [2.24, 2.45) is 0 Å². The number of hydrogen-bond acceptors (Lipinski definition) is 4. The Morgan fingerprint density at radius 3 is 2.87 bits per heavy atom. The first kappa shape index (κ1) is 10.9. The second-order valence-corrected chi connectivity index (χ2v) is 5.19. The first-order valence-corrected chi connectivity index (χ1v) is 6.37. The largest absolute Gasteiger partial charge is 0.317 e. The number of hydrogen-bond donors (Lipinski definition) is 1. The van der Waals surface area contributed by atoms with E-state index in [1.807, 2.05) is 30.2 Å². The molecule has 82 valence electrons. The van der Waals surface area contributed by atoms with Crippen molar-refractivity contribution < 1.29 is 0 Å². The minimum absolute atomic E-state index is 0.679. The third kappa shape index (κ3) is 3.18. The van der Waals surface area contributed by atoms with Crippen molar-refractivity contribution in [1.29, 1.82) is 0 Å². The van der Waals surface area contributed by atoms with E-state index in [9.17, 15) is 0 Å². The molecule has 1 heterocycles. The quantitative estimate of drug-likeness (QED) is 0.796. The molecule has 0 saturated heterocycles. The molecule has 1 aliphatic rings. The molecular weight excluding hydrogens is 206 g/mol. The van der Waals surface area contributed by atoms with Crippen molar-refractivity contribution in [2.75, 3.05) is 7.05 Å². The number of thioether (sulfide) groups is 1. The molecule has 0 aromatic carbocycles. The van der Waals surface area contributed by atoms with Gasteiger partial charge in [-0.1, -0.05) is 18.2 Å². The van der Waals surface area contributed by atoms with Crippen molar-refractivity contribution in [2.45, 2.75) is 42.1 Å². The zero-order valence-corrected chi connectivity index (χ0v) is 9.83. The number of nitrogens with one attached hydrogen (secondary N) is 1. The molecule has 1 N–H and O–H groups in total. The fourth-order valence-electron chi connectivity index (χ4n) is 2.01. The minimum Gasteiger partial charge on any atom is -0.317 e. The van der Waals surface area contributed by atoms with E-state index in [1.54, 1.807) is 0 Å². The average molecular weight is 223 g/mol. The molecule has 0 amide bonds. The van der Waals surface area contributed by atoms with Gasteiger partial charge in [-0.2, -0.15) is 0 Å². The molecule has 0 spiro atoms. The van der Waals surface area contributed by atoms with Gasteiger partial charge in [0.1, 0.15) is 0 Å². The fourth-order valence-corrected chi connectivity index (χ4v) is 3.16. The van der Waals surface area contributed by atoms with Gasteiger partial charge in [-0.25, -0.2) is 9.97 Å². The Hall–Kier alpha value is -0.610. The van der Waals surface area contributed by atoms with Crippen molar-refractivity contribution >= 4 is 11.8 Å². The molecule has 0 radical (unpaired) electrons. The van der Waals surface area contributed by atoms with E-state index in [-0.39, 0.29) is 0 Å². The van der Waals surface area contributed by atoms with Gasteiger partial charge in [-0.15, -0.1) is 0 Å². The molecule has 2 rings (SSSR count).